The molecule has 0 aliphatic rings. The van der Waals surface area contributed by atoms with Crippen LogP contribution in [0.25, 0.3) is 11.3 Å². The Balaban J connectivity index is 1.65. The van der Waals surface area contributed by atoms with Crippen LogP contribution in [0.4, 0.5) is 5.13 Å². The summed E-state index contributed by atoms with van der Waals surface area (Å²) in [5, 5.41) is 13.9. The second-order valence-electron chi connectivity index (χ2n) is 5.92. The van der Waals surface area contributed by atoms with Crippen LogP contribution in [0.15, 0.2) is 41.8 Å². The number of nitrogens with one attached hydrogen (secondary N) is 1. The summed E-state index contributed by atoms with van der Waals surface area (Å²) in [5.74, 6) is 1.67. The van der Waals surface area contributed by atoms with E-state index in [1.165, 1.54) is 18.4 Å². The highest BCUT2D eigenvalue weighted by atomic mass is 32.1. The summed E-state index contributed by atoms with van der Waals surface area (Å²) in [6.45, 7) is -0.233. The zero-order valence-electron chi connectivity index (χ0n) is 16.6. The molecule has 3 aromatic rings. The van der Waals surface area contributed by atoms with Gasteiger partial charge in [-0.1, -0.05) is 0 Å². The van der Waals surface area contributed by atoms with E-state index in [1.54, 1.807) is 38.5 Å². The summed E-state index contributed by atoms with van der Waals surface area (Å²) >= 11 is 1.29. The Hall–Kier alpha value is -3.77. The topological polar surface area (TPSA) is 103 Å². The predicted octanol–water partition coefficient (Wildman–Crippen LogP) is 3.73. The summed E-state index contributed by atoms with van der Waals surface area (Å²) < 4.78 is 21.3. The molecule has 0 saturated carbocycles. The molecule has 0 fully saturated rings. The Labute approximate surface area is 177 Å². The number of amides is 1. The van der Waals surface area contributed by atoms with Crippen molar-refractivity contribution in [3.05, 3.63) is 47.3 Å². The molecule has 8 nitrogen and oxygen atoms in total. The van der Waals surface area contributed by atoms with Gasteiger partial charge < -0.3 is 18.9 Å². The van der Waals surface area contributed by atoms with Gasteiger partial charge in [-0.05, 0) is 24.3 Å². The highest BCUT2D eigenvalue weighted by Crippen LogP contribution is 2.35. The molecular weight excluding hydrogens is 406 g/mol. The van der Waals surface area contributed by atoms with Crippen molar-refractivity contribution in [1.29, 1.82) is 5.26 Å². The van der Waals surface area contributed by atoms with E-state index in [-0.39, 0.29) is 12.5 Å². The number of ether oxygens (including phenoxy) is 4. The third-order valence-corrected chi connectivity index (χ3v) is 4.84. The number of anilines is 1. The molecule has 0 saturated heterocycles. The lowest BCUT2D eigenvalue weighted by atomic mass is 10.1. The number of nitriles is 1. The van der Waals surface area contributed by atoms with Crippen molar-refractivity contribution < 1.29 is 23.7 Å². The summed E-state index contributed by atoms with van der Waals surface area (Å²) in [5.41, 5.74) is 1.89. The molecule has 1 aromatic heterocycles. The van der Waals surface area contributed by atoms with Gasteiger partial charge in [0.15, 0.2) is 23.2 Å². The Morgan fingerprint density at radius 2 is 1.87 bits per heavy atom. The maximum atomic E-state index is 12.3. The Kier molecular flexibility index (Phi) is 6.72. The van der Waals surface area contributed by atoms with Crippen LogP contribution in [0.3, 0.4) is 0 Å². The minimum atomic E-state index is -0.371. The Bertz CT molecular complexity index is 1090. The molecule has 1 N–H and O–H groups in total. The van der Waals surface area contributed by atoms with E-state index in [0.29, 0.717) is 39.4 Å². The molecule has 154 valence electrons. The Morgan fingerprint density at radius 1 is 1.07 bits per heavy atom. The number of rotatable bonds is 8. The van der Waals surface area contributed by atoms with Crippen LogP contribution >= 0.6 is 11.3 Å². The number of thiazole rings is 1. The van der Waals surface area contributed by atoms with E-state index >= 15 is 0 Å². The van der Waals surface area contributed by atoms with Gasteiger partial charge in [-0.3, -0.25) is 10.1 Å². The van der Waals surface area contributed by atoms with Crippen molar-refractivity contribution in [2.45, 2.75) is 0 Å². The number of carbonyl (C=O) groups is 1. The molecule has 9 heteroatoms. The molecule has 0 unspecified atom stereocenters. The third-order valence-electron chi connectivity index (χ3n) is 4.09. The number of aromatic nitrogens is 1. The number of benzene rings is 2. The lowest BCUT2D eigenvalue weighted by Crippen LogP contribution is -2.20. The molecule has 1 heterocycles. The standard InChI is InChI=1S/C21H19N3O5S/c1-26-14-5-6-15(18(9-14)27-2)16-12-30-21(23-16)24-20(25)11-29-17-7-4-13(10-22)8-19(17)28-3/h4-9,12H,11H2,1-3H3,(H,23,24,25). The maximum Gasteiger partial charge on any atom is 0.264 e. The Morgan fingerprint density at radius 3 is 2.57 bits per heavy atom. The van der Waals surface area contributed by atoms with Crippen molar-refractivity contribution in [3.8, 4) is 40.3 Å². The lowest BCUT2D eigenvalue weighted by Gasteiger charge is -2.10. The van der Waals surface area contributed by atoms with Crippen LogP contribution in [0, 0.1) is 11.3 Å². The van der Waals surface area contributed by atoms with Crippen LogP contribution < -0.4 is 24.3 Å². The van der Waals surface area contributed by atoms with Gasteiger partial charge in [0.2, 0.25) is 0 Å². The molecule has 0 bridgehead atoms. The molecule has 3 rings (SSSR count). The number of methoxy groups -OCH3 is 3. The van der Waals surface area contributed by atoms with Gasteiger partial charge in [-0.15, -0.1) is 11.3 Å². The minimum Gasteiger partial charge on any atom is -0.497 e. The molecular formula is C21H19N3O5S. The molecule has 0 aliphatic heterocycles. The number of hydrogen-bond donors (Lipinski definition) is 1. The quantitative estimate of drug-likeness (QED) is 0.587. The van der Waals surface area contributed by atoms with E-state index < -0.39 is 0 Å². The van der Waals surface area contributed by atoms with Gasteiger partial charge in [0.1, 0.15) is 11.5 Å². The average molecular weight is 425 g/mol. The van der Waals surface area contributed by atoms with Gasteiger partial charge in [-0.25, -0.2) is 4.98 Å². The fourth-order valence-electron chi connectivity index (χ4n) is 2.62. The van der Waals surface area contributed by atoms with Crippen molar-refractivity contribution >= 4 is 22.4 Å². The third kappa shape index (κ3) is 4.79. The van der Waals surface area contributed by atoms with Gasteiger partial charge in [-0.2, -0.15) is 5.26 Å². The fourth-order valence-corrected chi connectivity index (χ4v) is 3.35. The van der Waals surface area contributed by atoms with E-state index in [4.69, 9.17) is 24.2 Å². The minimum absolute atomic E-state index is 0.233. The zero-order chi connectivity index (χ0) is 21.5. The van der Waals surface area contributed by atoms with Crippen LogP contribution in [0.2, 0.25) is 0 Å². The van der Waals surface area contributed by atoms with E-state index in [9.17, 15) is 4.79 Å². The second-order valence-corrected chi connectivity index (χ2v) is 6.78. The van der Waals surface area contributed by atoms with Crippen LogP contribution in [0.5, 0.6) is 23.0 Å². The van der Waals surface area contributed by atoms with Gasteiger partial charge in [0.25, 0.3) is 5.91 Å². The molecule has 2 aromatic carbocycles. The largest absolute Gasteiger partial charge is 0.497 e. The zero-order valence-corrected chi connectivity index (χ0v) is 17.4. The fraction of sp³-hybridized carbons (Fsp3) is 0.190. The molecule has 0 aliphatic carbocycles. The summed E-state index contributed by atoms with van der Waals surface area (Å²) in [4.78, 5) is 16.7. The summed E-state index contributed by atoms with van der Waals surface area (Å²) in [6.07, 6.45) is 0. The highest BCUT2D eigenvalue weighted by molar-refractivity contribution is 7.14. The molecule has 0 spiro atoms. The van der Waals surface area contributed by atoms with Crippen LogP contribution in [-0.4, -0.2) is 38.8 Å². The van der Waals surface area contributed by atoms with Crippen LogP contribution in [0.1, 0.15) is 5.56 Å². The first-order chi connectivity index (χ1) is 14.6. The van der Waals surface area contributed by atoms with Crippen molar-refractivity contribution in [1.82, 2.24) is 4.98 Å². The number of carbonyl (C=O) groups excluding carboxylic acids is 1. The molecule has 30 heavy (non-hydrogen) atoms. The summed E-state index contributed by atoms with van der Waals surface area (Å²) in [7, 11) is 4.62. The summed E-state index contributed by atoms with van der Waals surface area (Å²) in [6, 6.07) is 12.2. The van der Waals surface area contributed by atoms with Crippen molar-refractivity contribution in [2.24, 2.45) is 0 Å². The van der Waals surface area contributed by atoms with Crippen molar-refractivity contribution in [3.63, 3.8) is 0 Å². The average Bonchev–Trinajstić information content (AvgIpc) is 3.24. The normalized spacial score (nSPS) is 10.1. The first kappa shape index (κ1) is 21.0. The molecule has 1 amide bonds. The van der Waals surface area contributed by atoms with Gasteiger partial charge >= 0.3 is 0 Å². The van der Waals surface area contributed by atoms with E-state index in [1.807, 2.05) is 23.6 Å². The van der Waals surface area contributed by atoms with Gasteiger partial charge in [0, 0.05) is 23.1 Å². The van der Waals surface area contributed by atoms with Gasteiger partial charge in [0.05, 0.1) is 38.7 Å². The maximum absolute atomic E-state index is 12.3. The first-order valence-electron chi connectivity index (χ1n) is 8.76. The van der Waals surface area contributed by atoms with E-state index in [0.717, 1.165) is 5.56 Å². The van der Waals surface area contributed by atoms with Crippen molar-refractivity contribution in [2.75, 3.05) is 33.3 Å². The monoisotopic (exact) mass is 425 g/mol. The first-order valence-corrected chi connectivity index (χ1v) is 9.64. The predicted molar refractivity (Wildman–Crippen MR) is 112 cm³/mol. The molecule has 0 radical (unpaired) electrons. The van der Waals surface area contributed by atoms with E-state index in [2.05, 4.69) is 10.3 Å². The number of hydrogen-bond acceptors (Lipinski definition) is 8. The van der Waals surface area contributed by atoms with Crippen LogP contribution in [-0.2, 0) is 4.79 Å². The molecule has 0 atom stereocenters. The number of nitrogens with zero attached hydrogens (tertiary/aromatic N) is 2. The smallest absolute Gasteiger partial charge is 0.264 e. The lowest BCUT2D eigenvalue weighted by molar-refractivity contribution is -0.118. The second kappa shape index (κ2) is 9.62. The SMILES string of the molecule is COc1ccc(-c2csc(NC(=O)COc3ccc(C#N)cc3OC)n2)c(OC)c1. The highest BCUT2D eigenvalue weighted by Gasteiger charge is 2.14.